The van der Waals surface area contributed by atoms with Crippen LogP contribution in [0.3, 0.4) is 0 Å². The van der Waals surface area contributed by atoms with Crippen LogP contribution in [0.15, 0.2) is 0 Å². The molecule has 1 unspecified atom stereocenters. The summed E-state index contributed by atoms with van der Waals surface area (Å²) in [7, 11) is 0. The number of hydrogen-bond acceptors (Lipinski definition) is 5. The maximum atomic E-state index is 14.6. The summed E-state index contributed by atoms with van der Waals surface area (Å²) in [6.45, 7) is 13.5. The van der Waals surface area contributed by atoms with Crippen molar-refractivity contribution in [1.29, 1.82) is 0 Å². The first-order valence-electron chi connectivity index (χ1n) is 19.5. The Balaban J connectivity index is 1.64. The Morgan fingerprint density at radius 2 is 1.27 bits per heavy atom. The SMILES string of the molecule is CCCCCCCCCCCC(CC)OC(=O)CCN1C(=O)C2(CC(C)(C)NC(C)(C)C2)OC12CCCCCCCCCCC2. The molecule has 6 nitrogen and oxygen atoms in total. The quantitative estimate of drug-likeness (QED) is 0.144. The van der Waals surface area contributed by atoms with Crippen molar-refractivity contribution in [2.24, 2.45) is 0 Å². The number of amides is 1. The number of hydrogen-bond donors (Lipinski definition) is 1. The van der Waals surface area contributed by atoms with Gasteiger partial charge < -0.3 is 19.7 Å². The van der Waals surface area contributed by atoms with Crippen LogP contribution in [0.4, 0.5) is 0 Å². The number of nitrogens with one attached hydrogen (secondary N) is 1. The molecule has 1 atom stereocenters. The smallest absolute Gasteiger partial charge is 0.307 e. The Morgan fingerprint density at radius 1 is 0.778 bits per heavy atom. The van der Waals surface area contributed by atoms with Crippen molar-refractivity contribution < 1.29 is 19.1 Å². The lowest BCUT2D eigenvalue weighted by molar-refractivity contribution is -0.177. The first-order valence-corrected chi connectivity index (χ1v) is 19.5. The molecule has 0 aromatic carbocycles. The van der Waals surface area contributed by atoms with Gasteiger partial charge in [0.25, 0.3) is 5.91 Å². The van der Waals surface area contributed by atoms with Crippen molar-refractivity contribution >= 4 is 11.9 Å². The van der Waals surface area contributed by atoms with E-state index in [4.69, 9.17) is 9.47 Å². The van der Waals surface area contributed by atoms with Crippen molar-refractivity contribution in [3.05, 3.63) is 0 Å². The summed E-state index contributed by atoms with van der Waals surface area (Å²) in [6, 6.07) is 0. The molecule has 3 fully saturated rings. The lowest BCUT2D eigenvalue weighted by Crippen LogP contribution is -2.65. The highest BCUT2D eigenvalue weighted by Crippen LogP contribution is 2.51. The summed E-state index contributed by atoms with van der Waals surface area (Å²) in [5, 5.41) is 3.76. The van der Waals surface area contributed by atoms with E-state index in [1.165, 1.54) is 96.3 Å². The summed E-state index contributed by atoms with van der Waals surface area (Å²) in [5.41, 5.74) is -1.91. The van der Waals surface area contributed by atoms with E-state index in [9.17, 15) is 9.59 Å². The average Bonchev–Trinajstić information content (AvgIpc) is 3.16. The second kappa shape index (κ2) is 18.4. The monoisotopic (exact) mass is 633 g/mol. The standard InChI is InChI=1S/C39H72N2O4/c1-7-9-10-11-12-14-17-20-23-26-33(8-2)44-34(42)27-30-41-35(43)38(31-36(3,4)40-37(5,6)32-38)45-39(41)28-24-21-18-15-13-16-19-22-25-29-39/h33,40H,7-32H2,1-6H3. The van der Waals surface area contributed by atoms with E-state index in [-0.39, 0.29) is 35.5 Å². The fourth-order valence-corrected chi connectivity index (χ4v) is 8.93. The number of rotatable bonds is 15. The molecular weight excluding hydrogens is 560 g/mol. The molecule has 2 heterocycles. The molecule has 0 radical (unpaired) electrons. The minimum atomic E-state index is -0.846. The zero-order chi connectivity index (χ0) is 32.8. The first-order chi connectivity index (χ1) is 21.5. The van der Waals surface area contributed by atoms with E-state index in [0.717, 1.165) is 44.9 Å². The molecule has 2 aliphatic heterocycles. The first kappa shape index (κ1) is 38.3. The van der Waals surface area contributed by atoms with Gasteiger partial charge in [-0.05, 0) is 72.6 Å². The third-order valence-corrected chi connectivity index (χ3v) is 10.7. The normalized spacial score (nSPS) is 23.9. The molecule has 262 valence electrons. The largest absolute Gasteiger partial charge is 0.462 e. The van der Waals surface area contributed by atoms with Crippen LogP contribution in [0.2, 0.25) is 0 Å². The highest BCUT2D eigenvalue weighted by Gasteiger charge is 2.64. The van der Waals surface area contributed by atoms with E-state index in [1.807, 2.05) is 4.90 Å². The molecule has 0 aromatic heterocycles. The van der Waals surface area contributed by atoms with Crippen LogP contribution in [0, 0.1) is 0 Å². The molecule has 1 N–H and O–H groups in total. The maximum Gasteiger partial charge on any atom is 0.307 e. The Bertz CT molecular complexity index is 856. The van der Waals surface area contributed by atoms with Crippen molar-refractivity contribution in [2.75, 3.05) is 6.54 Å². The third-order valence-electron chi connectivity index (χ3n) is 10.7. The predicted octanol–water partition coefficient (Wildman–Crippen LogP) is 10.2. The van der Waals surface area contributed by atoms with Crippen LogP contribution >= 0.6 is 0 Å². The molecule has 2 spiro atoms. The number of esters is 1. The average molecular weight is 633 g/mol. The van der Waals surface area contributed by atoms with Crippen molar-refractivity contribution in [3.8, 4) is 0 Å². The van der Waals surface area contributed by atoms with Gasteiger partial charge in [-0.1, -0.05) is 110 Å². The van der Waals surface area contributed by atoms with Gasteiger partial charge in [-0.15, -0.1) is 0 Å². The van der Waals surface area contributed by atoms with Gasteiger partial charge in [0.1, 0.15) is 11.8 Å². The van der Waals surface area contributed by atoms with Crippen LogP contribution in [0.25, 0.3) is 0 Å². The van der Waals surface area contributed by atoms with Crippen molar-refractivity contribution in [3.63, 3.8) is 0 Å². The summed E-state index contributed by atoms with van der Waals surface area (Å²) >= 11 is 0. The number of piperidine rings is 1. The van der Waals surface area contributed by atoms with E-state index in [0.29, 0.717) is 19.4 Å². The number of unbranched alkanes of at least 4 members (excludes halogenated alkanes) is 8. The molecule has 45 heavy (non-hydrogen) atoms. The van der Waals surface area contributed by atoms with E-state index < -0.39 is 11.3 Å². The molecule has 0 bridgehead atoms. The van der Waals surface area contributed by atoms with Crippen LogP contribution in [0.1, 0.15) is 202 Å². The summed E-state index contributed by atoms with van der Waals surface area (Å²) in [6.07, 6.45) is 27.6. The molecule has 0 aromatic rings. The molecule has 1 aliphatic carbocycles. The summed E-state index contributed by atoms with van der Waals surface area (Å²) < 4.78 is 13.3. The van der Waals surface area contributed by atoms with Gasteiger partial charge in [0.15, 0.2) is 5.60 Å². The van der Waals surface area contributed by atoms with Gasteiger partial charge in [0, 0.05) is 30.5 Å². The minimum Gasteiger partial charge on any atom is -0.462 e. The van der Waals surface area contributed by atoms with Crippen molar-refractivity contribution in [1.82, 2.24) is 10.2 Å². The van der Waals surface area contributed by atoms with E-state index in [1.54, 1.807) is 0 Å². The predicted molar refractivity (Wildman–Crippen MR) is 186 cm³/mol. The Hall–Kier alpha value is -1.14. The fraction of sp³-hybridized carbons (Fsp3) is 0.949. The number of carbonyl (C=O) groups is 2. The number of carbonyl (C=O) groups excluding carboxylic acids is 2. The molecule has 6 heteroatoms. The second-order valence-corrected chi connectivity index (χ2v) is 16.3. The van der Waals surface area contributed by atoms with Crippen LogP contribution < -0.4 is 5.32 Å². The molecular formula is C39H72N2O4. The fourth-order valence-electron chi connectivity index (χ4n) is 8.93. The van der Waals surface area contributed by atoms with Crippen molar-refractivity contribution in [2.45, 2.75) is 231 Å². The topological polar surface area (TPSA) is 67.9 Å². The van der Waals surface area contributed by atoms with Gasteiger partial charge in [-0.25, -0.2) is 0 Å². The van der Waals surface area contributed by atoms with Gasteiger partial charge in [0.05, 0.1) is 6.42 Å². The lowest BCUT2D eigenvalue weighted by Gasteiger charge is -2.50. The third kappa shape index (κ3) is 12.1. The Morgan fingerprint density at radius 3 is 1.78 bits per heavy atom. The second-order valence-electron chi connectivity index (χ2n) is 16.3. The molecule has 3 rings (SSSR count). The Kier molecular flexibility index (Phi) is 15.7. The van der Waals surface area contributed by atoms with Gasteiger partial charge in [0.2, 0.25) is 0 Å². The molecule has 2 saturated heterocycles. The lowest BCUT2D eigenvalue weighted by atomic mass is 9.72. The zero-order valence-electron chi connectivity index (χ0n) is 30.5. The highest BCUT2D eigenvalue weighted by atomic mass is 16.6. The molecule has 3 aliphatic rings. The van der Waals surface area contributed by atoms with Crippen LogP contribution in [-0.2, 0) is 19.1 Å². The minimum absolute atomic E-state index is 0.0276. The van der Waals surface area contributed by atoms with E-state index >= 15 is 0 Å². The van der Waals surface area contributed by atoms with Crippen LogP contribution in [0.5, 0.6) is 0 Å². The summed E-state index contributed by atoms with van der Waals surface area (Å²) in [4.78, 5) is 29.9. The number of ether oxygens (including phenoxy) is 2. The van der Waals surface area contributed by atoms with Gasteiger partial charge in [-0.3, -0.25) is 9.59 Å². The van der Waals surface area contributed by atoms with Gasteiger partial charge in [-0.2, -0.15) is 0 Å². The Labute approximate surface area is 277 Å². The maximum absolute atomic E-state index is 14.6. The van der Waals surface area contributed by atoms with E-state index in [2.05, 4.69) is 46.9 Å². The highest BCUT2D eigenvalue weighted by molar-refractivity contribution is 5.89. The summed E-state index contributed by atoms with van der Waals surface area (Å²) in [5.74, 6) is -0.0624. The van der Waals surface area contributed by atoms with Gasteiger partial charge >= 0.3 is 5.97 Å². The molecule has 1 amide bonds. The number of nitrogens with zero attached hydrogens (tertiary/aromatic N) is 1. The zero-order valence-corrected chi connectivity index (χ0v) is 30.5. The molecule has 1 saturated carbocycles. The van der Waals surface area contributed by atoms with Crippen LogP contribution in [-0.4, -0.2) is 51.8 Å².